The van der Waals surface area contributed by atoms with E-state index in [-0.39, 0.29) is 70.0 Å². The summed E-state index contributed by atoms with van der Waals surface area (Å²) in [5.74, 6) is -8.20. The number of aromatic hydroxyl groups is 3. The van der Waals surface area contributed by atoms with Crippen LogP contribution in [0.15, 0.2) is 42.3 Å². The Morgan fingerprint density at radius 2 is 1.63 bits per heavy atom. The molecule has 3 aromatic rings. The Labute approximate surface area is 388 Å². The number of aryl methyl sites for hydroxylation is 1. The second kappa shape index (κ2) is 19.9. The summed E-state index contributed by atoms with van der Waals surface area (Å²) in [7, 11) is 1.43. The number of aliphatic hydroxyl groups is 2. The highest BCUT2D eigenvalue weighted by molar-refractivity contribution is 6.23. The van der Waals surface area contributed by atoms with Crippen molar-refractivity contribution >= 4 is 45.6 Å². The van der Waals surface area contributed by atoms with Crippen molar-refractivity contribution in [2.24, 2.45) is 23.7 Å². The molecule has 67 heavy (non-hydrogen) atoms. The fraction of sp³-hybridized carbons (Fsp3) is 0.532. The molecule has 4 aliphatic heterocycles. The lowest BCUT2D eigenvalue weighted by Gasteiger charge is -2.38. The molecule has 0 unspecified atom stereocenters. The zero-order chi connectivity index (χ0) is 49.4. The van der Waals surface area contributed by atoms with Crippen molar-refractivity contribution in [1.29, 1.82) is 0 Å². The number of phenolic OH excluding ortho intramolecular Hbond substituents is 3. The average Bonchev–Trinajstić information content (AvgIpc) is 3.80. The van der Waals surface area contributed by atoms with Crippen molar-refractivity contribution in [3.63, 3.8) is 0 Å². The number of fused-ring (bicyclic) bond motifs is 14. The number of Topliss-reactive ketones (excluding diaryl/α,β-unsaturated/α-hetero) is 1. The number of nitrogens with zero attached hydrogens (tertiary/aromatic N) is 5. The molecule has 9 atom stereocenters. The molecule has 2 aromatic carbocycles. The van der Waals surface area contributed by atoms with E-state index >= 15 is 0 Å². The number of aromatic nitrogens is 2. The Kier molecular flexibility index (Phi) is 14.9. The quantitative estimate of drug-likeness (QED) is 0.0599. The van der Waals surface area contributed by atoms with E-state index in [2.05, 4.69) is 15.2 Å². The molecule has 364 valence electrons. The molecule has 0 radical (unpaired) electrons. The fourth-order valence-electron chi connectivity index (χ4n) is 9.33. The van der Waals surface area contributed by atoms with Crippen LogP contribution in [0.5, 0.6) is 23.0 Å². The highest BCUT2D eigenvalue weighted by Crippen LogP contribution is 2.57. The van der Waals surface area contributed by atoms with Crippen molar-refractivity contribution in [2.75, 3.05) is 50.1 Å². The number of methoxy groups -OCH3 is 1. The number of hydrogen-bond donors (Lipinski definition) is 6. The van der Waals surface area contributed by atoms with Gasteiger partial charge in [0.2, 0.25) is 0 Å². The van der Waals surface area contributed by atoms with Crippen molar-refractivity contribution in [1.82, 2.24) is 14.5 Å². The molecule has 7 rings (SSSR count). The standard InChI is InChI=1S/C47H62N6O14/c1-23-12-11-13-24(2)46(61)49-36-37(51-18-15-50(16-19-51)17-20-52-29(7)48-22-32(52)53(62)63)42(59)33-34(41(36)58)40(57)28(6)44-35(33)45(60)47(9,67-44)65-21-14-31(64-10)25(3)43(66-30(8)54)27(5)39(56)26(4)38(23)55/h11-14,21-23,25-27,31,38-39,43,55-59H,15-20H2,1-10H3,(H,49,61)/b12-11+,21-14+,24-13-/t23-,25+,26+,27+,31-,38-,39+,43+,47-/m0/s1. The summed E-state index contributed by atoms with van der Waals surface area (Å²) in [6, 6.07) is 0. The number of esters is 1. The monoisotopic (exact) mass is 934 g/mol. The maximum absolute atomic E-state index is 14.6. The SMILES string of the molecule is CO[C@H]1/C=C/O[C@@]2(C)Oc3c(C)c(O)c4c(O)c(c(N5CCN(CCn6c([N+](=O)[O-])cnc6C)CC5)c(O)c4c3C2=O)NC(=O)/C(C)=C\C=C\[C@H](C)[C@H](O)[C@@H](C)[C@@H](O)[C@@H](C)[C@H](OC(C)=O)[C@@H]1C. The minimum atomic E-state index is -2.08. The lowest BCUT2D eigenvalue weighted by molar-refractivity contribution is -0.392. The van der Waals surface area contributed by atoms with Crippen molar-refractivity contribution in [2.45, 2.75) is 99.1 Å². The van der Waals surface area contributed by atoms with Crippen LogP contribution in [0.2, 0.25) is 0 Å². The molecular formula is C47H62N6O14. The smallest absolute Gasteiger partial charge is 0.342 e. The van der Waals surface area contributed by atoms with Crippen LogP contribution in [0.1, 0.15) is 70.2 Å². The number of nitro groups is 1. The first-order valence-corrected chi connectivity index (χ1v) is 22.3. The van der Waals surface area contributed by atoms with E-state index in [1.807, 2.05) is 0 Å². The Bertz CT molecular complexity index is 2510. The highest BCUT2D eigenvalue weighted by Gasteiger charge is 2.50. The molecule has 1 amide bonds. The summed E-state index contributed by atoms with van der Waals surface area (Å²) in [6.07, 6.45) is 4.63. The molecule has 1 saturated heterocycles. The summed E-state index contributed by atoms with van der Waals surface area (Å²) < 4.78 is 25.3. The molecule has 0 spiro atoms. The maximum atomic E-state index is 14.6. The summed E-state index contributed by atoms with van der Waals surface area (Å²) in [5.41, 5.74) is -0.291. The Balaban J connectivity index is 1.46. The number of imidazole rings is 1. The maximum Gasteiger partial charge on any atom is 0.342 e. The first-order valence-electron chi connectivity index (χ1n) is 22.3. The van der Waals surface area contributed by atoms with E-state index < -0.39 is 93.7 Å². The third kappa shape index (κ3) is 9.65. The molecule has 0 saturated carbocycles. The first kappa shape index (κ1) is 50.2. The molecule has 4 aliphatic rings. The molecule has 5 heterocycles. The predicted octanol–water partition coefficient (Wildman–Crippen LogP) is 4.99. The van der Waals surface area contributed by atoms with Crippen molar-refractivity contribution in [3.05, 3.63) is 69.4 Å². The van der Waals surface area contributed by atoms with Crippen LogP contribution in [0.3, 0.4) is 0 Å². The Morgan fingerprint density at radius 3 is 2.25 bits per heavy atom. The number of benzene rings is 2. The van der Waals surface area contributed by atoms with Gasteiger partial charge in [0.05, 0.1) is 35.5 Å². The Morgan fingerprint density at radius 1 is 0.955 bits per heavy atom. The highest BCUT2D eigenvalue weighted by atomic mass is 16.7. The van der Waals surface area contributed by atoms with Gasteiger partial charge < -0.3 is 64.8 Å². The van der Waals surface area contributed by atoms with Crippen LogP contribution in [0, 0.1) is 47.6 Å². The van der Waals surface area contributed by atoms with Crippen molar-refractivity contribution < 1.29 is 63.8 Å². The fourth-order valence-corrected chi connectivity index (χ4v) is 9.33. The first-order chi connectivity index (χ1) is 31.5. The second-order valence-corrected chi connectivity index (χ2v) is 18.0. The summed E-state index contributed by atoms with van der Waals surface area (Å²) >= 11 is 0. The van der Waals surface area contributed by atoms with E-state index in [9.17, 15) is 50.0 Å². The summed E-state index contributed by atoms with van der Waals surface area (Å²) in [4.78, 5) is 60.0. The zero-order valence-electron chi connectivity index (χ0n) is 39.5. The minimum absolute atomic E-state index is 0.0336. The number of allylic oxidation sites excluding steroid dienone is 2. The third-order valence-corrected chi connectivity index (χ3v) is 13.5. The number of rotatable bonds is 7. The van der Waals surface area contributed by atoms with E-state index in [4.69, 9.17) is 18.9 Å². The number of piperazine rings is 1. The summed E-state index contributed by atoms with van der Waals surface area (Å²) in [5, 5.41) is 73.2. The number of ketones is 1. The van der Waals surface area contributed by atoms with Gasteiger partial charge in [-0.1, -0.05) is 45.9 Å². The van der Waals surface area contributed by atoms with Gasteiger partial charge in [-0.05, 0) is 24.8 Å². The topological polar surface area (TPSA) is 269 Å². The molecule has 20 heteroatoms. The van der Waals surface area contributed by atoms with Gasteiger partial charge >= 0.3 is 17.6 Å². The number of ether oxygens (including phenoxy) is 4. The van der Waals surface area contributed by atoms with Crippen LogP contribution < -0.4 is 15.0 Å². The molecule has 1 fully saturated rings. The van der Waals surface area contributed by atoms with E-state index in [1.54, 1.807) is 51.7 Å². The minimum Gasteiger partial charge on any atom is -0.507 e. The zero-order valence-corrected chi connectivity index (χ0v) is 39.5. The number of nitrogens with one attached hydrogen (secondary N) is 1. The third-order valence-electron chi connectivity index (χ3n) is 13.5. The van der Waals surface area contributed by atoms with Gasteiger partial charge in [0, 0.05) is 101 Å². The van der Waals surface area contributed by atoms with Gasteiger partial charge in [-0.2, -0.15) is 0 Å². The number of amides is 1. The molecular weight excluding hydrogens is 873 g/mol. The van der Waals surface area contributed by atoms with E-state index in [0.29, 0.717) is 25.5 Å². The number of phenols is 3. The summed E-state index contributed by atoms with van der Waals surface area (Å²) in [6.45, 7) is 16.1. The Hall–Kier alpha value is -6.22. The molecule has 5 bridgehead atoms. The van der Waals surface area contributed by atoms with Gasteiger partial charge in [-0.15, -0.1) is 0 Å². The predicted molar refractivity (Wildman–Crippen MR) is 246 cm³/mol. The van der Waals surface area contributed by atoms with Crippen LogP contribution in [0.25, 0.3) is 10.8 Å². The molecule has 20 nitrogen and oxygen atoms in total. The van der Waals surface area contributed by atoms with Crippen LogP contribution in [0.4, 0.5) is 17.2 Å². The average molecular weight is 935 g/mol. The van der Waals surface area contributed by atoms with Gasteiger partial charge in [0.15, 0.2) is 11.6 Å². The number of hydrogen-bond acceptors (Lipinski definition) is 17. The lowest BCUT2D eigenvalue weighted by atomic mass is 9.78. The molecule has 0 aliphatic carbocycles. The van der Waals surface area contributed by atoms with E-state index in [1.165, 1.54) is 64.0 Å². The van der Waals surface area contributed by atoms with Crippen molar-refractivity contribution in [3.8, 4) is 23.0 Å². The number of aliphatic hydroxyl groups excluding tert-OH is 2. The van der Waals surface area contributed by atoms with Crippen LogP contribution in [-0.2, 0) is 30.3 Å². The number of carbonyl (C=O) groups is 3. The number of anilines is 2. The van der Waals surface area contributed by atoms with Crippen LogP contribution in [-0.4, -0.2) is 133 Å². The van der Waals surface area contributed by atoms with Gasteiger partial charge in [-0.3, -0.25) is 19.3 Å². The lowest BCUT2D eigenvalue weighted by Crippen LogP contribution is -2.47. The van der Waals surface area contributed by atoms with Gasteiger partial charge in [-0.25, -0.2) is 9.55 Å². The molecule has 6 N–H and O–H groups in total. The van der Waals surface area contributed by atoms with Gasteiger partial charge in [0.25, 0.3) is 11.7 Å². The second-order valence-electron chi connectivity index (χ2n) is 18.0. The number of carbonyl (C=O) groups excluding carboxylic acids is 3. The molecule has 1 aromatic heterocycles. The van der Waals surface area contributed by atoms with Gasteiger partial charge in [0.1, 0.15) is 47.5 Å². The van der Waals surface area contributed by atoms with Crippen LogP contribution >= 0.6 is 0 Å². The normalized spacial score (nSPS) is 29.5. The largest absolute Gasteiger partial charge is 0.507 e. The van der Waals surface area contributed by atoms with E-state index in [0.717, 1.165) is 0 Å².